The Balaban J connectivity index is 0.00000363. The van der Waals surface area contributed by atoms with Gasteiger partial charge in [-0.05, 0) is 18.4 Å². The molecule has 2 heterocycles. The first-order valence-electron chi connectivity index (χ1n) is 11.7. The number of nitrogens with zero attached hydrogens (tertiary/aromatic N) is 4. The molecule has 1 N–H and O–H groups in total. The Morgan fingerprint density at radius 1 is 1.25 bits per heavy atom. The van der Waals surface area contributed by atoms with Gasteiger partial charge in [-0.25, -0.2) is 4.99 Å². The van der Waals surface area contributed by atoms with Gasteiger partial charge >= 0.3 is 0 Å². The molecule has 2 aliphatic rings. The molecule has 8 heteroatoms. The number of halogens is 1. The predicted octanol–water partition coefficient (Wildman–Crippen LogP) is 2.66. The number of rotatable bonds is 8. The number of hydrogen-bond donors (Lipinski definition) is 1. The fraction of sp³-hybridized carbons (Fsp3) is 0.667. The molecule has 7 nitrogen and oxygen atoms in total. The van der Waals surface area contributed by atoms with E-state index < -0.39 is 0 Å². The number of benzene rings is 1. The molecule has 2 aliphatic heterocycles. The van der Waals surface area contributed by atoms with Gasteiger partial charge in [0.1, 0.15) is 6.54 Å². The maximum absolute atomic E-state index is 12.2. The van der Waals surface area contributed by atoms with Crippen LogP contribution in [0.4, 0.5) is 0 Å². The maximum Gasteiger partial charge on any atom is 0.243 e. The van der Waals surface area contributed by atoms with Crippen LogP contribution in [0.25, 0.3) is 0 Å². The van der Waals surface area contributed by atoms with Gasteiger partial charge in [0.05, 0.1) is 6.61 Å². The molecule has 1 aromatic rings. The molecule has 0 saturated carbocycles. The van der Waals surface area contributed by atoms with Crippen molar-refractivity contribution in [2.75, 3.05) is 60.0 Å². The van der Waals surface area contributed by atoms with Crippen LogP contribution < -0.4 is 5.32 Å². The van der Waals surface area contributed by atoms with Crippen LogP contribution in [0.1, 0.15) is 31.7 Å². The Hall–Kier alpha value is -1.39. The minimum absolute atomic E-state index is 0. The van der Waals surface area contributed by atoms with Gasteiger partial charge in [0, 0.05) is 65.4 Å². The molecule has 3 rings (SSSR count). The molecule has 32 heavy (non-hydrogen) atoms. The van der Waals surface area contributed by atoms with E-state index in [0.29, 0.717) is 12.0 Å². The third-order valence-corrected chi connectivity index (χ3v) is 6.19. The second-order valence-electron chi connectivity index (χ2n) is 8.88. The molecule has 2 unspecified atom stereocenters. The SMILES string of the molecule is CCCC1CN(C(=NCC(=O)N(C)C)NCC2CCOC2)CCN1Cc1ccccc1.I. The summed E-state index contributed by atoms with van der Waals surface area (Å²) in [6, 6.07) is 11.2. The van der Waals surface area contributed by atoms with Crippen LogP contribution in [-0.4, -0.2) is 92.6 Å². The van der Waals surface area contributed by atoms with Crippen molar-refractivity contribution >= 4 is 35.8 Å². The largest absolute Gasteiger partial charge is 0.381 e. The van der Waals surface area contributed by atoms with E-state index in [2.05, 4.69) is 52.4 Å². The Morgan fingerprint density at radius 3 is 2.69 bits per heavy atom. The Kier molecular flexibility index (Phi) is 11.7. The minimum Gasteiger partial charge on any atom is -0.381 e. The van der Waals surface area contributed by atoms with Gasteiger partial charge in [0.15, 0.2) is 5.96 Å². The van der Waals surface area contributed by atoms with Crippen LogP contribution in [0.3, 0.4) is 0 Å². The summed E-state index contributed by atoms with van der Waals surface area (Å²) in [6.07, 6.45) is 3.39. The zero-order valence-corrected chi connectivity index (χ0v) is 22.2. The number of guanidine groups is 1. The molecule has 2 fully saturated rings. The third kappa shape index (κ3) is 8.19. The van der Waals surface area contributed by atoms with Crippen molar-refractivity contribution in [1.82, 2.24) is 20.0 Å². The lowest BCUT2D eigenvalue weighted by molar-refractivity contribution is -0.127. The molecule has 0 aliphatic carbocycles. The molecule has 1 aromatic carbocycles. The van der Waals surface area contributed by atoms with Gasteiger partial charge in [0.2, 0.25) is 5.91 Å². The zero-order chi connectivity index (χ0) is 22.1. The summed E-state index contributed by atoms with van der Waals surface area (Å²) in [5, 5.41) is 3.56. The lowest BCUT2D eigenvalue weighted by Crippen LogP contribution is -2.57. The van der Waals surface area contributed by atoms with Crippen molar-refractivity contribution in [1.29, 1.82) is 0 Å². The first-order valence-corrected chi connectivity index (χ1v) is 11.7. The van der Waals surface area contributed by atoms with Crippen LogP contribution in [0.2, 0.25) is 0 Å². The Morgan fingerprint density at radius 2 is 2.03 bits per heavy atom. The van der Waals surface area contributed by atoms with E-state index in [1.165, 1.54) is 5.56 Å². The Bertz CT molecular complexity index is 710. The number of carbonyl (C=O) groups is 1. The third-order valence-electron chi connectivity index (χ3n) is 6.19. The van der Waals surface area contributed by atoms with Gasteiger partial charge in [-0.15, -0.1) is 24.0 Å². The van der Waals surface area contributed by atoms with E-state index in [4.69, 9.17) is 9.73 Å². The number of ether oxygens (including phenoxy) is 1. The lowest BCUT2D eigenvalue weighted by Gasteiger charge is -2.43. The van der Waals surface area contributed by atoms with Crippen molar-refractivity contribution in [3.8, 4) is 0 Å². The molecule has 2 saturated heterocycles. The summed E-state index contributed by atoms with van der Waals surface area (Å²) < 4.78 is 5.52. The van der Waals surface area contributed by atoms with Crippen molar-refractivity contribution < 1.29 is 9.53 Å². The van der Waals surface area contributed by atoms with E-state index in [0.717, 1.165) is 71.2 Å². The highest BCUT2D eigenvalue weighted by molar-refractivity contribution is 14.0. The van der Waals surface area contributed by atoms with Crippen molar-refractivity contribution in [2.24, 2.45) is 10.9 Å². The first-order chi connectivity index (χ1) is 15.1. The van der Waals surface area contributed by atoms with Crippen LogP contribution in [-0.2, 0) is 16.1 Å². The standard InChI is InChI=1S/C24H39N5O2.HI/c1-4-8-22-18-29(13-12-28(22)17-20-9-6-5-7-10-20)24(26-16-23(30)27(2)3)25-15-21-11-14-31-19-21;/h5-7,9-10,21-22H,4,8,11-19H2,1-3H3,(H,25,26);1H. The summed E-state index contributed by atoms with van der Waals surface area (Å²) in [6.45, 7) is 8.75. The normalized spacial score (nSPS) is 21.8. The highest BCUT2D eigenvalue weighted by Crippen LogP contribution is 2.18. The summed E-state index contributed by atoms with van der Waals surface area (Å²) in [7, 11) is 3.56. The first kappa shape index (κ1) is 26.9. The predicted molar refractivity (Wildman–Crippen MR) is 140 cm³/mol. The molecular formula is C24H40IN5O2. The van der Waals surface area contributed by atoms with E-state index in [9.17, 15) is 4.79 Å². The van der Waals surface area contributed by atoms with Gasteiger partial charge in [-0.2, -0.15) is 0 Å². The second-order valence-corrected chi connectivity index (χ2v) is 8.88. The lowest BCUT2D eigenvalue weighted by atomic mass is 10.1. The van der Waals surface area contributed by atoms with Crippen molar-refractivity contribution in [3.05, 3.63) is 35.9 Å². The average molecular weight is 558 g/mol. The number of nitrogens with one attached hydrogen (secondary N) is 1. The summed E-state index contributed by atoms with van der Waals surface area (Å²) in [5.41, 5.74) is 1.36. The van der Waals surface area contributed by atoms with E-state index >= 15 is 0 Å². The number of hydrogen-bond acceptors (Lipinski definition) is 4. The number of amides is 1. The summed E-state index contributed by atoms with van der Waals surface area (Å²) in [4.78, 5) is 23.4. The number of likely N-dealkylation sites (N-methyl/N-ethyl adjacent to an activating group) is 1. The fourth-order valence-electron chi connectivity index (χ4n) is 4.25. The molecule has 0 aromatic heterocycles. The van der Waals surface area contributed by atoms with Crippen LogP contribution in [0, 0.1) is 5.92 Å². The van der Waals surface area contributed by atoms with E-state index in [1.54, 1.807) is 19.0 Å². The quantitative estimate of drug-likeness (QED) is 0.303. The van der Waals surface area contributed by atoms with Gasteiger partial charge in [-0.1, -0.05) is 43.7 Å². The molecule has 2 atom stereocenters. The summed E-state index contributed by atoms with van der Waals surface area (Å²) >= 11 is 0. The van der Waals surface area contributed by atoms with Gasteiger partial charge in [-0.3, -0.25) is 9.69 Å². The highest BCUT2D eigenvalue weighted by atomic mass is 127. The summed E-state index contributed by atoms with van der Waals surface area (Å²) in [5.74, 6) is 1.40. The zero-order valence-electron chi connectivity index (χ0n) is 19.8. The smallest absolute Gasteiger partial charge is 0.243 e. The van der Waals surface area contributed by atoms with Crippen LogP contribution in [0.5, 0.6) is 0 Å². The average Bonchev–Trinajstić information content (AvgIpc) is 3.29. The van der Waals surface area contributed by atoms with E-state index in [-0.39, 0.29) is 36.4 Å². The topological polar surface area (TPSA) is 60.4 Å². The molecule has 0 radical (unpaired) electrons. The second kappa shape index (κ2) is 14.0. The Labute approximate surface area is 210 Å². The van der Waals surface area contributed by atoms with E-state index in [1.807, 2.05) is 0 Å². The molecule has 0 bridgehead atoms. The molecule has 180 valence electrons. The van der Waals surface area contributed by atoms with Gasteiger partial charge < -0.3 is 19.9 Å². The molecule has 0 spiro atoms. The fourth-order valence-corrected chi connectivity index (χ4v) is 4.25. The van der Waals surface area contributed by atoms with Crippen LogP contribution in [0.15, 0.2) is 35.3 Å². The minimum atomic E-state index is 0. The van der Waals surface area contributed by atoms with Gasteiger partial charge in [0.25, 0.3) is 0 Å². The number of piperazine rings is 1. The number of aliphatic imine (C=N–C) groups is 1. The van der Waals surface area contributed by atoms with Crippen molar-refractivity contribution in [3.63, 3.8) is 0 Å². The van der Waals surface area contributed by atoms with Crippen molar-refractivity contribution in [2.45, 2.75) is 38.8 Å². The molecule has 1 amide bonds. The van der Waals surface area contributed by atoms with Crippen LogP contribution >= 0.6 is 24.0 Å². The maximum atomic E-state index is 12.2. The monoisotopic (exact) mass is 557 g/mol. The number of carbonyl (C=O) groups excluding carboxylic acids is 1. The molecular weight excluding hydrogens is 517 g/mol. The highest BCUT2D eigenvalue weighted by Gasteiger charge is 2.29.